The molecule has 1 rings (SSSR count). The van der Waals surface area contributed by atoms with E-state index in [9.17, 15) is 9.59 Å². The third-order valence-corrected chi connectivity index (χ3v) is 2.77. The summed E-state index contributed by atoms with van der Waals surface area (Å²) in [5.41, 5.74) is 0.908. The standard InChI is InChI=1S/C14H20N2O4/c1-11(13(17)16(2)19-3)9-15-14(18)20-10-12-7-5-4-6-8-12/h4-8,11H,9-10H2,1-3H3,(H,15,18). The lowest BCUT2D eigenvalue weighted by Crippen LogP contribution is -2.38. The van der Waals surface area contributed by atoms with Crippen molar-refractivity contribution in [3.8, 4) is 0 Å². The first kappa shape index (κ1) is 16.0. The van der Waals surface area contributed by atoms with E-state index < -0.39 is 6.09 Å². The minimum Gasteiger partial charge on any atom is -0.445 e. The van der Waals surface area contributed by atoms with Gasteiger partial charge in [-0.25, -0.2) is 9.86 Å². The second-order valence-corrected chi connectivity index (χ2v) is 4.36. The monoisotopic (exact) mass is 280 g/mol. The molecule has 2 amide bonds. The first-order valence-corrected chi connectivity index (χ1v) is 6.30. The molecule has 0 aliphatic heterocycles. The molecule has 0 bridgehead atoms. The lowest BCUT2D eigenvalue weighted by atomic mass is 10.1. The van der Waals surface area contributed by atoms with Gasteiger partial charge in [-0.3, -0.25) is 9.63 Å². The predicted octanol–water partition coefficient (Wildman–Crippen LogP) is 1.57. The van der Waals surface area contributed by atoms with E-state index in [-0.39, 0.29) is 25.0 Å². The summed E-state index contributed by atoms with van der Waals surface area (Å²) >= 11 is 0. The molecule has 1 atom stereocenters. The van der Waals surface area contributed by atoms with Crippen molar-refractivity contribution in [2.45, 2.75) is 13.5 Å². The van der Waals surface area contributed by atoms with Crippen LogP contribution in [0.15, 0.2) is 30.3 Å². The van der Waals surface area contributed by atoms with Crippen LogP contribution in [0.4, 0.5) is 4.79 Å². The average molecular weight is 280 g/mol. The molecule has 0 radical (unpaired) electrons. The van der Waals surface area contributed by atoms with Crippen molar-refractivity contribution in [1.82, 2.24) is 10.4 Å². The molecule has 6 heteroatoms. The predicted molar refractivity (Wildman–Crippen MR) is 73.6 cm³/mol. The summed E-state index contributed by atoms with van der Waals surface area (Å²) in [6.45, 7) is 2.10. The lowest BCUT2D eigenvalue weighted by molar-refractivity contribution is -0.172. The molecule has 0 saturated carbocycles. The van der Waals surface area contributed by atoms with Crippen LogP contribution in [0.3, 0.4) is 0 Å². The maximum Gasteiger partial charge on any atom is 0.407 e. The molecule has 0 spiro atoms. The summed E-state index contributed by atoms with van der Waals surface area (Å²) < 4.78 is 5.04. The Morgan fingerprint density at radius 3 is 2.55 bits per heavy atom. The number of hydrogen-bond donors (Lipinski definition) is 1. The van der Waals surface area contributed by atoms with E-state index in [0.29, 0.717) is 0 Å². The van der Waals surface area contributed by atoms with Gasteiger partial charge >= 0.3 is 6.09 Å². The molecule has 1 N–H and O–H groups in total. The Morgan fingerprint density at radius 1 is 1.30 bits per heavy atom. The van der Waals surface area contributed by atoms with Gasteiger partial charge in [0.2, 0.25) is 5.91 Å². The molecule has 20 heavy (non-hydrogen) atoms. The fourth-order valence-corrected chi connectivity index (χ4v) is 1.50. The van der Waals surface area contributed by atoms with Crippen molar-refractivity contribution < 1.29 is 19.2 Å². The van der Waals surface area contributed by atoms with Crippen molar-refractivity contribution in [3.05, 3.63) is 35.9 Å². The number of nitrogens with zero attached hydrogens (tertiary/aromatic N) is 1. The Labute approximate surface area is 118 Å². The second-order valence-electron chi connectivity index (χ2n) is 4.36. The molecular formula is C14H20N2O4. The minimum absolute atomic E-state index is 0.195. The number of ether oxygens (including phenoxy) is 1. The highest BCUT2D eigenvalue weighted by Crippen LogP contribution is 2.02. The first-order valence-electron chi connectivity index (χ1n) is 6.30. The van der Waals surface area contributed by atoms with Crippen molar-refractivity contribution >= 4 is 12.0 Å². The molecule has 0 aliphatic rings. The Morgan fingerprint density at radius 2 is 1.95 bits per heavy atom. The normalized spacial score (nSPS) is 11.6. The van der Waals surface area contributed by atoms with Crippen LogP contribution in [-0.2, 0) is 21.0 Å². The van der Waals surface area contributed by atoms with Gasteiger partial charge in [-0.2, -0.15) is 0 Å². The van der Waals surface area contributed by atoms with E-state index in [1.807, 2.05) is 30.3 Å². The lowest BCUT2D eigenvalue weighted by Gasteiger charge is -2.18. The van der Waals surface area contributed by atoms with E-state index in [1.165, 1.54) is 14.2 Å². The Kier molecular flexibility index (Phi) is 6.52. The van der Waals surface area contributed by atoms with Gasteiger partial charge in [-0.15, -0.1) is 0 Å². The van der Waals surface area contributed by atoms with E-state index in [1.54, 1.807) is 6.92 Å². The van der Waals surface area contributed by atoms with E-state index in [2.05, 4.69) is 5.32 Å². The number of nitrogens with one attached hydrogen (secondary N) is 1. The SMILES string of the molecule is CON(C)C(=O)C(C)CNC(=O)OCc1ccccc1. The Balaban J connectivity index is 2.28. The molecular weight excluding hydrogens is 260 g/mol. The van der Waals surface area contributed by atoms with Gasteiger partial charge in [-0.1, -0.05) is 37.3 Å². The summed E-state index contributed by atoms with van der Waals surface area (Å²) in [5.74, 6) is -0.597. The van der Waals surface area contributed by atoms with Gasteiger partial charge in [0.1, 0.15) is 6.61 Å². The maximum atomic E-state index is 11.7. The Hall–Kier alpha value is -2.08. The number of amides is 2. The fraction of sp³-hybridized carbons (Fsp3) is 0.429. The first-order chi connectivity index (χ1) is 9.54. The molecule has 1 unspecified atom stereocenters. The summed E-state index contributed by atoms with van der Waals surface area (Å²) in [5, 5.41) is 3.67. The number of carbonyl (C=O) groups excluding carboxylic acids is 2. The summed E-state index contributed by atoms with van der Waals surface area (Å²) in [7, 11) is 2.93. The second kappa shape index (κ2) is 8.16. The van der Waals surface area contributed by atoms with Crippen LogP contribution in [0.2, 0.25) is 0 Å². The van der Waals surface area contributed by atoms with E-state index in [4.69, 9.17) is 9.57 Å². The number of hydroxylamine groups is 2. The van der Waals surface area contributed by atoms with Crippen molar-refractivity contribution in [2.75, 3.05) is 20.7 Å². The van der Waals surface area contributed by atoms with Crippen LogP contribution in [0.1, 0.15) is 12.5 Å². The number of benzene rings is 1. The largest absolute Gasteiger partial charge is 0.445 e. The highest BCUT2D eigenvalue weighted by Gasteiger charge is 2.18. The van der Waals surface area contributed by atoms with Crippen LogP contribution in [0.5, 0.6) is 0 Å². The van der Waals surface area contributed by atoms with Crippen molar-refractivity contribution in [1.29, 1.82) is 0 Å². The van der Waals surface area contributed by atoms with Crippen LogP contribution >= 0.6 is 0 Å². The summed E-state index contributed by atoms with van der Waals surface area (Å²) in [4.78, 5) is 28.0. The molecule has 0 aromatic heterocycles. The topological polar surface area (TPSA) is 67.9 Å². The third kappa shape index (κ3) is 5.27. The minimum atomic E-state index is -0.548. The number of alkyl carbamates (subject to hydrolysis) is 1. The van der Waals surface area contributed by atoms with Crippen molar-refractivity contribution in [2.24, 2.45) is 5.92 Å². The smallest absolute Gasteiger partial charge is 0.407 e. The molecule has 1 aromatic carbocycles. The number of carbonyl (C=O) groups is 2. The quantitative estimate of drug-likeness (QED) is 0.803. The third-order valence-electron chi connectivity index (χ3n) is 2.77. The summed E-state index contributed by atoms with van der Waals surface area (Å²) in [6.07, 6.45) is -0.548. The van der Waals surface area contributed by atoms with Gasteiger partial charge in [0.15, 0.2) is 0 Å². The van der Waals surface area contributed by atoms with Crippen LogP contribution in [-0.4, -0.2) is 37.8 Å². The maximum absolute atomic E-state index is 11.7. The fourth-order valence-electron chi connectivity index (χ4n) is 1.50. The van der Waals surface area contributed by atoms with Gasteiger partial charge in [0.05, 0.1) is 13.0 Å². The number of hydrogen-bond acceptors (Lipinski definition) is 4. The molecule has 0 aliphatic carbocycles. The van der Waals surface area contributed by atoms with Crippen molar-refractivity contribution in [3.63, 3.8) is 0 Å². The van der Waals surface area contributed by atoms with Gasteiger partial charge in [0, 0.05) is 13.6 Å². The summed E-state index contributed by atoms with van der Waals surface area (Å²) in [6, 6.07) is 9.37. The molecule has 0 saturated heterocycles. The zero-order valence-corrected chi connectivity index (χ0v) is 12.0. The van der Waals surface area contributed by atoms with E-state index in [0.717, 1.165) is 10.6 Å². The molecule has 1 aromatic rings. The molecule has 0 heterocycles. The zero-order valence-electron chi connectivity index (χ0n) is 12.0. The van der Waals surface area contributed by atoms with E-state index >= 15 is 0 Å². The van der Waals surface area contributed by atoms with Gasteiger partial charge in [-0.05, 0) is 5.56 Å². The molecule has 0 fully saturated rings. The average Bonchev–Trinajstić information content (AvgIpc) is 2.49. The van der Waals surface area contributed by atoms with Gasteiger partial charge < -0.3 is 10.1 Å². The zero-order chi connectivity index (χ0) is 15.0. The highest BCUT2D eigenvalue weighted by atomic mass is 16.7. The molecule has 110 valence electrons. The van der Waals surface area contributed by atoms with Gasteiger partial charge in [0.25, 0.3) is 0 Å². The van der Waals surface area contributed by atoms with Crippen LogP contribution in [0, 0.1) is 5.92 Å². The van der Waals surface area contributed by atoms with Crippen LogP contribution < -0.4 is 5.32 Å². The van der Waals surface area contributed by atoms with Crippen LogP contribution in [0.25, 0.3) is 0 Å². The highest BCUT2D eigenvalue weighted by molar-refractivity contribution is 5.78. The number of rotatable bonds is 6. The molecule has 6 nitrogen and oxygen atoms in total. The Bertz CT molecular complexity index is 436.